The number of aromatic nitrogens is 2. The first-order valence-corrected chi connectivity index (χ1v) is 8.37. The lowest BCUT2D eigenvalue weighted by Gasteiger charge is -2.40. The molecule has 7 nitrogen and oxygen atoms in total. The number of hydrogen-bond donors (Lipinski definition) is 1. The molecule has 1 aromatic carbocycles. The highest BCUT2D eigenvalue weighted by Gasteiger charge is 2.34. The summed E-state index contributed by atoms with van der Waals surface area (Å²) in [4.78, 5) is 21.9. The molecule has 1 aliphatic rings. The van der Waals surface area contributed by atoms with Crippen molar-refractivity contribution in [1.82, 2.24) is 14.9 Å². The molecule has 25 heavy (non-hydrogen) atoms. The van der Waals surface area contributed by atoms with Crippen LogP contribution in [0.25, 0.3) is 10.9 Å². The number of likely N-dealkylation sites (tertiary alicyclic amines) is 1. The highest BCUT2D eigenvalue weighted by molar-refractivity contribution is 6.34. The van der Waals surface area contributed by atoms with Crippen molar-refractivity contribution in [2.75, 3.05) is 25.5 Å². The number of amides is 1. The summed E-state index contributed by atoms with van der Waals surface area (Å²) in [6, 6.07) is 3.80. The van der Waals surface area contributed by atoms with E-state index in [4.69, 9.17) is 21.1 Å². The number of nitrogens with zero attached hydrogens (tertiary/aromatic N) is 3. The maximum atomic E-state index is 12.0. The lowest BCUT2D eigenvalue weighted by molar-refractivity contribution is 0.0105. The zero-order valence-electron chi connectivity index (χ0n) is 14.7. The Labute approximate surface area is 151 Å². The van der Waals surface area contributed by atoms with Gasteiger partial charge in [-0.05, 0) is 26.8 Å². The number of hydrogen-bond acceptors (Lipinski definition) is 6. The topological polar surface area (TPSA) is 76.6 Å². The van der Waals surface area contributed by atoms with Crippen molar-refractivity contribution < 1.29 is 14.3 Å². The van der Waals surface area contributed by atoms with E-state index in [1.54, 1.807) is 12.0 Å². The molecule has 1 N–H and O–H groups in total. The molecule has 1 aliphatic heterocycles. The molecule has 1 fully saturated rings. The molecule has 1 amide bonds. The van der Waals surface area contributed by atoms with Gasteiger partial charge in [0.25, 0.3) is 0 Å². The van der Waals surface area contributed by atoms with E-state index in [0.29, 0.717) is 29.5 Å². The van der Waals surface area contributed by atoms with Crippen LogP contribution in [0, 0.1) is 0 Å². The van der Waals surface area contributed by atoms with Gasteiger partial charge in [-0.15, -0.1) is 0 Å². The summed E-state index contributed by atoms with van der Waals surface area (Å²) < 4.78 is 10.8. The number of nitrogens with one attached hydrogen (secondary N) is 1. The monoisotopic (exact) mass is 364 g/mol. The van der Waals surface area contributed by atoms with Gasteiger partial charge in [-0.3, -0.25) is 0 Å². The van der Waals surface area contributed by atoms with Crippen LogP contribution in [0.2, 0.25) is 5.15 Å². The molecule has 1 saturated heterocycles. The first-order chi connectivity index (χ1) is 11.8. The van der Waals surface area contributed by atoms with E-state index in [0.717, 1.165) is 11.1 Å². The van der Waals surface area contributed by atoms with E-state index in [-0.39, 0.29) is 12.1 Å². The predicted octanol–water partition coefficient (Wildman–Crippen LogP) is 3.32. The van der Waals surface area contributed by atoms with E-state index in [1.165, 1.54) is 6.33 Å². The fraction of sp³-hybridized carbons (Fsp3) is 0.471. The Morgan fingerprint density at radius 2 is 2.04 bits per heavy atom. The number of benzene rings is 1. The fourth-order valence-corrected chi connectivity index (χ4v) is 2.79. The van der Waals surface area contributed by atoms with Crippen LogP contribution in [0.3, 0.4) is 0 Å². The predicted molar refractivity (Wildman–Crippen MR) is 96.3 cm³/mol. The molecule has 0 unspecified atom stereocenters. The van der Waals surface area contributed by atoms with Crippen LogP contribution in [-0.2, 0) is 4.74 Å². The van der Waals surface area contributed by atoms with Crippen LogP contribution in [0.4, 0.5) is 10.5 Å². The molecule has 2 aromatic rings. The van der Waals surface area contributed by atoms with Gasteiger partial charge in [0.1, 0.15) is 22.8 Å². The first kappa shape index (κ1) is 17.5. The second-order valence-electron chi connectivity index (χ2n) is 6.96. The van der Waals surface area contributed by atoms with Crippen molar-refractivity contribution in [1.29, 1.82) is 0 Å². The Balaban J connectivity index is 1.70. The van der Waals surface area contributed by atoms with Gasteiger partial charge in [0.05, 0.1) is 24.4 Å². The van der Waals surface area contributed by atoms with Crippen LogP contribution in [0.15, 0.2) is 18.5 Å². The number of anilines is 1. The molecule has 0 radical (unpaired) electrons. The fourth-order valence-electron chi connectivity index (χ4n) is 2.60. The normalized spacial score (nSPS) is 15.0. The van der Waals surface area contributed by atoms with E-state index >= 15 is 0 Å². The van der Waals surface area contributed by atoms with Crippen molar-refractivity contribution in [3.63, 3.8) is 0 Å². The third-order valence-electron chi connectivity index (χ3n) is 3.80. The summed E-state index contributed by atoms with van der Waals surface area (Å²) in [5, 5.41) is 4.51. The largest absolute Gasteiger partial charge is 0.495 e. The molecule has 0 saturated carbocycles. The highest BCUT2D eigenvalue weighted by Crippen LogP contribution is 2.33. The molecule has 2 heterocycles. The smallest absolute Gasteiger partial charge is 0.410 e. The Kier molecular flexibility index (Phi) is 4.60. The molecular formula is C17H21ClN4O3. The zero-order chi connectivity index (χ0) is 18.2. The molecule has 134 valence electrons. The van der Waals surface area contributed by atoms with Gasteiger partial charge in [-0.25, -0.2) is 14.8 Å². The van der Waals surface area contributed by atoms with Crippen LogP contribution in [0.1, 0.15) is 20.8 Å². The molecule has 0 atom stereocenters. The van der Waals surface area contributed by atoms with E-state index in [9.17, 15) is 4.79 Å². The Hall–Kier alpha value is -2.28. The van der Waals surface area contributed by atoms with Gasteiger partial charge in [0, 0.05) is 24.5 Å². The van der Waals surface area contributed by atoms with Crippen LogP contribution < -0.4 is 10.1 Å². The third-order valence-corrected chi connectivity index (χ3v) is 4.10. The summed E-state index contributed by atoms with van der Waals surface area (Å²) in [5.41, 5.74) is 1.01. The summed E-state index contributed by atoms with van der Waals surface area (Å²) in [5.74, 6) is 0.665. The molecule has 8 heteroatoms. The van der Waals surface area contributed by atoms with Crippen LogP contribution >= 0.6 is 11.6 Å². The SMILES string of the molecule is COc1cc2ncnc(Cl)c2cc1NC1CN(C(=O)OC(C)(C)C)C1. The van der Waals surface area contributed by atoms with Crippen molar-refractivity contribution >= 4 is 34.3 Å². The number of ether oxygens (including phenoxy) is 2. The van der Waals surface area contributed by atoms with Gasteiger partial charge >= 0.3 is 6.09 Å². The van der Waals surface area contributed by atoms with E-state index < -0.39 is 5.60 Å². The van der Waals surface area contributed by atoms with Gasteiger partial charge in [0.2, 0.25) is 0 Å². The molecule has 1 aromatic heterocycles. The van der Waals surface area contributed by atoms with Crippen molar-refractivity contribution in [2.45, 2.75) is 32.4 Å². The molecule has 0 spiro atoms. The second kappa shape index (κ2) is 6.55. The van der Waals surface area contributed by atoms with Gasteiger partial charge in [-0.1, -0.05) is 11.6 Å². The number of methoxy groups -OCH3 is 1. The van der Waals surface area contributed by atoms with Crippen LogP contribution in [-0.4, -0.2) is 52.8 Å². The van der Waals surface area contributed by atoms with Crippen molar-refractivity contribution in [3.05, 3.63) is 23.6 Å². The van der Waals surface area contributed by atoms with Gasteiger partial charge < -0.3 is 19.7 Å². The van der Waals surface area contributed by atoms with E-state index in [1.807, 2.05) is 32.9 Å². The summed E-state index contributed by atoms with van der Waals surface area (Å²) in [6.45, 7) is 6.69. The maximum Gasteiger partial charge on any atom is 0.410 e. The van der Waals surface area contributed by atoms with Crippen LogP contribution in [0.5, 0.6) is 5.75 Å². The molecular weight excluding hydrogens is 344 g/mol. The highest BCUT2D eigenvalue weighted by atomic mass is 35.5. The lowest BCUT2D eigenvalue weighted by atomic mass is 10.1. The number of halogens is 1. The number of rotatable bonds is 3. The number of carbonyl (C=O) groups is 1. The average Bonchev–Trinajstić information content (AvgIpc) is 2.48. The van der Waals surface area contributed by atoms with Crippen molar-refractivity contribution in [2.24, 2.45) is 0 Å². The Morgan fingerprint density at radius 1 is 1.32 bits per heavy atom. The average molecular weight is 365 g/mol. The minimum atomic E-state index is -0.492. The maximum absolute atomic E-state index is 12.0. The summed E-state index contributed by atoms with van der Waals surface area (Å²) in [7, 11) is 1.60. The number of carbonyl (C=O) groups excluding carboxylic acids is 1. The van der Waals surface area contributed by atoms with Gasteiger partial charge in [0.15, 0.2) is 0 Å². The molecule has 0 aliphatic carbocycles. The third kappa shape index (κ3) is 3.87. The summed E-state index contributed by atoms with van der Waals surface area (Å²) >= 11 is 6.15. The Morgan fingerprint density at radius 3 is 2.68 bits per heavy atom. The molecule has 0 bridgehead atoms. The minimum Gasteiger partial charge on any atom is -0.495 e. The standard InChI is InChI=1S/C17H21ClN4O3/c1-17(2,3)25-16(23)22-7-10(8-22)21-13-5-11-12(6-14(13)24-4)19-9-20-15(11)18/h5-6,9-10,21H,7-8H2,1-4H3. The summed E-state index contributed by atoms with van der Waals surface area (Å²) in [6.07, 6.45) is 1.12. The van der Waals surface area contributed by atoms with Gasteiger partial charge in [-0.2, -0.15) is 0 Å². The minimum absolute atomic E-state index is 0.113. The van der Waals surface area contributed by atoms with E-state index in [2.05, 4.69) is 15.3 Å². The molecule has 3 rings (SSSR count). The number of fused-ring (bicyclic) bond motifs is 1. The second-order valence-corrected chi connectivity index (χ2v) is 7.32. The quantitative estimate of drug-likeness (QED) is 0.842. The Bertz CT molecular complexity index is 800. The first-order valence-electron chi connectivity index (χ1n) is 7.99. The lowest BCUT2D eigenvalue weighted by Crippen LogP contribution is -2.57. The van der Waals surface area contributed by atoms with Crippen molar-refractivity contribution in [3.8, 4) is 5.75 Å². The zero-order valence-corrected chi connectivity index (χ0v) is 15.4.